The van der Waals surface area contributed by atoms with Gasteiger partial charge in [0.1, 0.15) is 12.4 Å². The van der Waals surface area contributed by atoms with E-state index in [0.29, 0.717) is 44.7 Å². The third-order valence-electron chi connectivity index (χ3n) is 5.08. The summed E-state index contributed by atoms with van der Waals surface area (Å²) in [6.45, 7) is 2.63. The predicted molar refractivity (Wildman–Crippen MR) is 141 cm³/mol. The molecule has 9 heteroatoms. The maximum atomic E-state index is 12.9. The number of ether oxygens (including phenoxy) is 1. The minimum Gasteiger partial charge on any atom is -0.487 e. The first-order valence-corrected chi connectivity index (χ1v) is 12.2. The normalized spacial score (nSPS) is 15.7. The molecule has 178 valence electrons. The van der Waals surface area contributed by atoms with Gasteiger partial charge in [0, 0.05) is 11.6 Å². The van der Waals surface area contributed by atoms with E-state index >= 15 is 0 Å². The number of hydrogen-bond donors (Lipinski definition) is 1. The average molecular weight is 527 g/mol. The molecule has 35 heavy (non-hydrogen) atoms. The number of carbonyl (C=O) groups is 2. The number of aromatic carboxylic acids is 1. The second kappa shape index (κ2) is 11.0. The Bertz CT molecular complexity index is 1340. The average Bonchev–Trinajstić information content (AvgIpc) is 3.13. The van der Waals surface area contributed by atoms with Crippen molar-refractivity contribution in [2.45, 2.75) is 13.5 Å². The van der Waals surface area contributed by atoms with Crippen LogP contribution in [0.2, 0.25) is 10.0 Å². The lowest BCUT2D eigenvalue weighted by Crippen LogP contribution is -2.28. The highest BCUT2D eigenvalue weighted by Gasteiger charge is 2.32. The number of aliphatic imine (C=N–C) groups is 1. The van der Waals surface area contributed by atoms with Crippen LogP contribution in [0.3, 0.4) is 0 Å². The van der Waals surface area contributed by atoms with Crippen LogP contribution in [-0.2, 0) is 11.4 Å². The molecule has 0 spiro atoms. The number of amides is 1. The Balaban J connectivity index is 1.52. The summed E-state index contributed by atoms with van der Waals surface area (Å²) in [5.41, 5.74) is 2.30. The molecule has 1 fully saturated rings. The van der Waals surface area contributed by atoms with Gasteiger partial charge in [-0.3, -0.25) is 9.69 Å². The van der Waals surface area contributed by atoms with Crippen LogP contribution in [0.15, 0.2) is 76.6 Å². The van der Waals surface area contributed by atoms with E-state index in [1.165, 1.54) is 23.9 Å². The Labute approximate surface area is 216 Å². The van der Waals surface area contributed by atoms with Gasteiger partial charge in [0.05, 0.1) is 21.2 Å². The van der Waals surface area contributed by atoms with Crippen molar-refractivity contribution in [2.75, 3.05) is 6.54 Å². The van der Waals surface area contributed by atoms with Crippen LogP contribution in [0.1, 0.15) is 28.4 Å². The first-order valence-electron chi connectivity index (χ1n) is 10.6. The first kappa shape index (κ1) is 24.9. The quantitative estimate of drug-likeness (QED) is 0.339. The molecule has 1 N–H and O–H groups in total. The van der Waals surface area contributed by atoms with E-state index in [4.69, 9.17) is 27.9 Å². The zero-order chi connectivity index (χ0) is 24.9. The van der Waals surface area contributed by atoms with Gasteiger partial charge in [0.25, 0.3) is 5.91 Å². The summed E-state index contributed by atoms with van der Waals surface area (Å²) in [7, 11) is 0. The largest absolute Gasteiger partial charge is 0.487 e. The minimum absolute atomic E-state index is 0.132. The number of carboxylic acid groups (broad SMARTS) is 1. The van der Waals surface area contributed by atoms with Crippen molar-refractivity contribution in [1.82, 2.24) is 4.90 Å². The molecule has 1 amide bonds. The molecule has 6 nitrogen and oxygen atoms in total. The molecule has 0 bridgehead atoms. The summed E-state index contributed by atoms with van der Waals surface area (Å²) in [4.78, 5) is 30.7. The second-order valence-corrected chi connectivity index (χ2v) is 9.37. The van der Waals surface area contributed by atoms with E-state index in [9.17, 15) is 14.7 Å². The number of halogens is 2. The van der Waals surface area contributed by atoms with E-state index in [0.717, 1.165) is 11.1 Å². The van der Waals surface area contributed by atoms with E-state index in [1.807, 2.05) is 25.1 Å². The number of hydrogen-bond acceptors (Lipinski definition) is 5. The van der Waals surface area contributed by atoms with Crippen molar-refractivity contribution in [2.24, 2.45) is 4.99 Å². The molecule has 1 aliphatic rings. The second-order valence-electron chi connectivity index (χ2n) is 7.51. The summed E-state index contributed by atoms with van der Waals surface area (Å²) >= 11 is 13.6. The number of carboxylic acids is 1. The van der Waals surface area contributed by atoms with Gasteiger partial charge in [-0.2, -0.15) is 0 Å². The van der Waals surface area contributed by atoms with E-state index < -0.39 is 5.97 Å². The molecule has 0 unspecified atom stereocenters. The molecule has 1 aliphatic heterocycles. The van der Waals surface area contributed by atoms with Crippen LogP contribution in [0.25, 0.3) is 6.08 Å². The molecular formula is C26H20Cl2N2O4S. The van der Waals surface area contributed by atoms with Crippen LogP contribution < -0.4 is 4.74 Å². The number of benzene rings is 3. The van der Waals surface area contributed by atoms with E-state index in [1.54, 1.807) is 47.4 Å². The van der Waals surface area contributed by atoms with Crippen molar-refractivity contribution in [3.8, 4) is 5.75 Å². The Kier molecular flexibility index (Phi) is 7.80. The number of rotatable bonds is 7. The molecule has 1 saturated heterocycles. The molecule has 4 rings (SSSR count). The van der Waals surface area contributed by atoms with Crippen LogP contribution in [0, 0.1) is 0 Å². The molecule has 0 aromatic heterocycles. The molecule has 0 saturated carbocycles. The first-order chi connectivity index (χ1) is 16.8. The summed E-state index contributed by atoms with van der Waals surface area (Å²) in [6.07, 6.45) is 1.75. The topological polar surface area (TPSA) is 79.2 Å². The standard InChI is InChI=1S/C26H20Cl2N2O4S/c1-2-30-24(31)23(35-26(30)29-20-5-3-4-18(14-20)25(32)33)13-17-8-11-22(21(28)12-17)34-15-16-6-9-19(27)10-7-16/h3-14H,2,15H2,1H3,(H,32,33)/b23-13-,29-26?. The summed E-state index contributed by atoms with van der Waals surface area (Å²) < 4.78 is 5.82. The maximum Gasteiger partial charge on any atom is 0.335 e. The number of amidine groups is 1. The molecule has 0 atom stereocenters. The third-order valence-corrected chi connectivity index (χ3v) is 6.64. The number of likely N-dealkylation sites (N-methyl/N-ethyl adjacent to an activating group) is 1. The summed E-state index contributed by atoms with van der Waals surface area (Å²) in [5, 5.41) is 10.8. The van der Waals surface area contributed by atoms with Crippen LogP contribution in [0.5, 0.6) is 5.75 Å². The van der Waals surface area contributed by atoms with Crippen LogP contribution in [-0.4, -0.2) is 33.6 Å². The third kappa shape index (κ3) is 6.06. The molecular weight excluding hydrogens is 507 g/mol. The van der Waals surface area contributed by atoms with Gasteiger partial charge in [0.15, 0.2) is 5.17 Å². The molecule has 3 aromatic carbocycles. The fourth-order valence-corrected chi connectivity index (χ4v) is 4.74. The Morgan fingerprint density at radius 3 is 2.57 bits per heavy atom. The summed E-state index contributed by atoms with van der Waals surface area (Å²) in [6, 6.07) is 19.0. The Morgan fingerprint density at radius 1 is 1.11 bits per heavy atom. The highest BCUT2D eigenvalue weighted by molar-refractivity contribution is 8.18. The van der Waals surface area contributed by atoms with Gasteiger partial charge in [0.2, 0.25) is 0 Å². The lowest BCUT2D eigenvalue weighted by atomic mass is 10.2. The number of nitrogens with zero attached hydrogens (tertiary/aromatic N) is 2. The van der Waals surface area contributed by atoms with Gasteiger partial charge in [-0.15, -0.1) is 0 Å². The minimum atomic E-state index is -1.03. The van der Waals surface area contributed by atoms with Crippen molar-refractivity contribution < 1.29 is 19.4 Å². The van der Waals surface area contributed by atoms with Gasteiger partial charge >= 0.3 is 5.97 Å². The molecule has 0 radical (unpaired) electrons. The lowest BCUT2D eigenvalue weighted by Gasteiger charge is -2.12. The fraction of sp³-hybridized carbons (Fsp3) is 0.115. The molecule has 3 aromatic rings. The summed E-state index contributed by atoms with van der Waals surface area (Å²) in [5.74, 6) is -0.678. The highest BCUT2D eigenvalue weighted by atomic mass is 35.5. The van der Waals surface area contributed by atoms with Crippen LogP contribution in [0.4, 0.5) is 5.69 Å². The van der Waals surface area contributed by atoms with Crippen molar-refractivity contribution in [1.29, 1.82) is 0 Å². The molecule has 1 heterocycles. The van der Waals surface area contributed by atoms with Gasteiger partial charge in [-0.05, 0) is 78.4 Å². The zero-order valence-corrected chi connectivity index (χ0v) is 20.9. The van der Waals surface area contributed by atoms with Gasteiger partial charge in [-0.25, -0.2) is 9.79 Å². The maximum absolute atomic E-state index is 12.9. The predicted octanol–water partition coefficient (Wildman–Crippen LogP) is 6.89. The number of thioether (sulfide) groups is 1. The van der Waals surface area contributed by atoms with Crippen molar-refractivity contribution in [3.05, 3.63) is 98.4 Å². The van der Waals surface area contributed by atoms with Crippen molar-refractivity contribution >= 4 is 63.8 Å². The zero-order valence-electron chi connectivity index (χ0n) is 18.6. The van der Waals surface area contributed by atoms with E-state index in [2.05, 4.69) is 4.99 Å². The van der Waals surface area contributed by atoms with Crippen molar-refractivity contribution in [3.63, 3.8) is 0 Å². The Morgan fingerprint density at radius 2 is 1.89 bits per heavy atom. The fourth-order valence-electron chi connectivity index (χ4n) is 3.31. The monoisotopic (exact) mass is 526 g/mol. The van der Waals surface area contributed by atoms with Gasteiger partial charge in [-0.1, -0.05) is 47.5 Å². The van der Waals surface area contributed by atoms with Crippen LogP contribution >= 0.6 is 35.0 Å². The smallest absolute Gasteiger partial charge is 0.335 e. The van der Waals surface area contributed by atoms with Gasteiger partial charge < -0.3 is 9.84 Å². The molecule has 0 aliphatic carbocycles. The Hall–Kier alpha value is -3.26. The lowest BCUT2D eigenvalue weighted by molar-refractivity contribution is -0.122. The number of carbonyl (C=O) groups excluding carboxylic acids is 1. The highest BCUT2D eigenvalue weighted by Crippen LogP contribution is 2.35. The SMILES string of the molecule is CCN1C(=O)/C(=C/c2ccc(OCc3ccc(Cl)cc3)c(Cl)c2)SC1=Nc1cccc(C(=O)O)c1. The van der Waals surface area contributed by atoms with E-state index in [-0.39, 0.29) is 11.5 Å².